The molecule has 0 fully saturated rings. The minimum absolute atomic E-state index is 0.0596. The number of hydrogen-bond donors (Lipinski definition) is 5. The van der Waals surface area contributed by atoms with E-state index in [1.54, 1.807) is 24.3 Å². The number of benzene rings is 2. The van der Waals surface area contributed by atoms with Gasteiger partial charge in [-0.2, -0.15) is 0 Å². The van der Waals surface area contributed by atoms with Gasteiger partial charge in [0.1, 0.15) is 6.04 Å². The number of carbonyl (C=O) groups excluding carboxylic acids is 2. The summed E-state index contributed by atoms with van der Waals surface area (Å²) >= 11 is 0. The number of amides is 2. The molecule has 7 nitrogen and oxygen atoms in total. The molecule has 0 heterocycles. The minimum Gasteiger partial charge on any atom is -0.391 e. The van der Waals surface area contributed by atoms with Gasteiger partial charge >= 0.3 is 0 Å². The molecule has 0 aliphatic heterocycles. The summed E-state index contributed by atoms with van der Waals surface area (Å²) in [5.74, 6) is 4.70. The minimum atomic E-state index is -1.27. The summed E-state index contributed by atoms with van der Waals surface area (Å²) in [6.07, 6.45) is -1.17. The van der Waals surface area contributed by atoms with Crippen LogP contribution in [0.2, 0.25) is 0 Å². The molecule has 2 rings (SSSR count). The number of aliphatic hydroxyl groups excluding tert-OH is 1. The third kappa shape index (κ3) is 7.87. The van der Waals surface area contributed by atoms with E-state index in [9.17, 15) is 14.7 Å². The van der Waals surface area contributed by atoms with Crippen molar-refractivity contribution in [2.45, 2.75) is 51.9 Å². The summed E-state index contributed by atoms with van der Waals surface area (Å²) in [5.41, 5.74) is 4.59. The molecule has 2 unspecified atom stereocenters. The molecule has 2 aromatic carbocycles. The molecule has 164 valence electrons. The van der Waals surface area contributed by atoms with Crippen LogP contribution in [0.15, 0.2) is 48.5 Å². The highest BCUT2D eigenvalue weighted by Gasteiger charge is 2.25. The first-order valence-corrected chi connectivity index (χ1v) is 9.98. The number of hydrogen-bond acceptors (Lipinski definition) is 5. The van der Waals surface area contributed by atoms with Gasteiger partial charge in [-0.05, 0) is 69.7 Å². The topological polar surface area (TPSA) is 111 Å². The van der Waals surface area contributed by atoms with Crippen LogP contribution in [-0.2, 0) is 11.3 Å². The molecule has 0 bridgehead atoms. The summed E-state index contributed by atoms with van der Waals surface area (Å²) in [7, 11) is 0. The van der Waals surface area contributed by atoms with E-state index in [2.05, 4.69) is 43.2 Å². The summed E-state index contributed by atoms with van der Waals surface area (Å²) in [5, 5.41) is 24.1. The first kappa shape index (κ1) is 24.1. The smallest absolute Gasteiger partial charge is 0.268 e. The van der Waals surface area contributed by atoms with Crippen molar-refractivity contribution in [3.8, 4) is 11.8 Å². The summed E-state index contributed by atoms with van der Waals surface area (Å²) in [6.45, 7) is 8.50. The fraction of sp³-hybridized carbons (Fsp3) is 0.333. The van der Waals surface area contributed by atoms with Crippen LogP contribution in [0.3, 0.4) is 0 Å². The number of rotatable bonds is 6. The van der Waals surface area contributed by atoms with E-state index >= 15 is 0 Å². The largest absolute Gasteiger partial charge is 0.391 e. The quantitative estimate of drug-likeness (QED) is 0.277. The average molecular weight is 424 g/mol. The summed E-state index contributed by atoms with van der Waals surface area (Å²) in [6, 6.07) is 13.3. The van der Waals surface area contributed by atoms with Crippen LogP contribution in [0.5, 0.6) is 0 Å². The molecular weight excluding hydrogens is 394 g/mol. The van der Waals surface area contributed by atoms with Gasteiger partial charge in [-0.25, -0.2) is 5.48 Å². The number of carbonyl (C=O) groups is 2. The van der Waals surface area contributed by atoms with E-state index in [1.807, 2.05) is 24.3 Å². The van der Waals surface area contributed by atoms with Gasteiger partial charge in [0.25, 0.3) is 11.8 Å². The maximum Gasteiger partial charge on any atom is 0.268 e. The van der Waals surface area contributed by atoms with Crippen molar-refractivity contribution in [2.75, 3.05) is 0 Å². The third-order valence-corrected chi connectivity index (χ3v) is 4.44. The normalized spacial score (nSPS) is 12.8. The van der Waals surface area contributed by atoms with Gasteiger partial charge in [-0.3, -0.25) is 14.8 Å². The van der Waals surface area contributed by atoms with Crippen molar-refractivity contribution in [1.82, 2.24) is 16.1 Å². The van der Waals surface area contributed by atoms with E-state index in [0.29, 0.717) is 5.56 Å². The maximum absolute atomic E-state index is 12.3. The number of hydroxylamine groups is 1. The Balaban J connectivity index is 2.01. The van der Waals surface area contributed by atoms with Crippen LogP contribution in [0, 0.1) is 11.8 Å². The summed E-state index contributed by atoms with van der Waals surface area (Å²) in [4.78, 5) is 23.8. The van der Waals surface area contributed by atoms with Crippen LogP contribution < -0.4 is 16.1 Å². The van der Waals surface area contributed by atoms with Gasteiger partial charge in [0, 0.05) is 28.8 Å². The molecule has 31 heavy (non-hydrogen) atoms. The summed E-state index contributed by atoms with van der Waals surface area (Å²) < 4.78 is 0. The SMILES string of the molecule is CC(O)C(NC(=O)c1ccc(C#Cc2ccc(CNC(C)(C)C)cc2)cc1)C(=O)NO. The van der Waals surface area contributed by atoms with Gasteiger partial charge in [0.15, 0.2) is 0 Å². The van der Waals surface area contributed by atoms with Gasteiger partial charge in [-0.15, -0.1) is 0 Å². The second-order valence-electron chi connectivity index (χ2n) is 8.30. The van der Waals surface area contributed by atoms with Gasteiger partial charge in [0.2, 0.25) is 0 Å². The third-order valence-electron chi connectivity index (χ3n) is 4.44. The molecule has 0 radical (unpaired) electrons. The van der Waals surface area contributed by atoms with Crippen LogP contribution in [0.1, 0.15) is 54.7 Å². The average Bonchev–Trinajstić information content (AvgIpc) is 2.74. The monoisotopic (exact) mass is 423 g/mol. The molecule has 2 aromatic rings. The maximum atomic E-state index is 12.3. The van der Waals surface area contributed by atoms with Crippen molar-refractivity contribution in [1.29, 1.82) is 0 Å². The molecule has 7 heteroatoms. The van der Waals surface area contributed by atoms with Gasteiger partial charge in [-0.1, -0.05) is 24.0 Å². The van der Waals surface area contributed by atoms with Crippen LogP contribution >= 0.6 is 0 Å². The van der Waals surface area contributed by atoms with Crippen molar-refractivity contribution >= 4 is 11.8 Å². The van der Waals surface area contributed by atoms with Gasteiger partial charge in [0.05, 0.1) is 6.10 Å². The van der Waals surface area contributed by atoms with Crippen molar-refractivity contribution in [2.24, 2.45) is 0 Å². The lowest BCUT2D eigenvalue weighted by Gasteiger charge is -2.20. The van der Waals surface area contributed by atoms with Crippen LogP contribution in [0.25, 0.3) is 0 Å². The second kappa shape index (κ2) is 10.7. The van der Waals surface area contributed by atoms with Crippen LogP contribution in [-0.4, -0.2) is 39.8 Å². The Morgan fingerprint density at radius 2 is 1.48 bits per heavy atom. The number of nitrogens with one attached hydrogen (secondary N) is 3. The highest BCUT2D eigenvalue weighted by molar-refractivity contribution is 5.97. The Kier molecular flexibility index (Phi) is 8.34. The van der Waals surface area contributed by atoms with Crippen molar-refractivity contribution in [3.63, 3.8) is 0 Å². The molecule has 2 amide bonds. The molecule has 0 aromatic heterocycles. The Bertz CT molecular complexity index is 950. The molecule has 0 aliphatic carbocycles. The fourth-order valence-corrected chi connectivity index (χ4v) is 2.62. The zero-order valence-electron chi connectivity index (χ0n) is 18.2. The fourth-order valence-electron chi connectivity index (χ4n) is 2.62. The molecule has 0 saturated heterocycles. The standard InChI is InChI=1S/C24H29N3O4/c1-16(28)21(23(30)27-31)26-22(29)20-13-11-18(12-14-20)6-5-17-7-9-19(10-8-17)15-25-24(2,3)4/h7-14,16,21,25,28,31H,15H2,1-4H3,(H,26,29)(H,27,30). The van der Waals surface area contributed by atoms with Crippen LogP contribution in [0.4, 0.5) is 0 Å². The van der Waals surface area contributed by atoms with Crippen molar-refractivity contribution in [3.05, 3.63) is 70.8 Å². The Labute approximate surface area is 182 Å². The molecule has 2 atom stereocenters. The van der Waals surface area contributed by atoms with E-state index in [4.69, 9.17) is 5.21 Å². The van der Waals surface area contributed by atoms with E-state index in [0.717, 1.165) is 17.7 Å². The zero-order chi connectivity index (χ0) is 23.0. The molecule has 0 saturated carbocycles. The lowest BCUT2D eigenvalue weighted by atomic mass is 10.1. The van der Waals surface area contributed by atoms with E-state index in [-0.39, 0.29) is 5.54 Å². The molecular formula is C24H29N3O4. The zero-order valence-corrected chi connectivity index (χ0v) is 18.2. The highest BCUT2D eigenvalue weighted by Crippen LogP contribution is 2.08. The van der Waals surface area contributed by atoms with Gasteiger partial charge < -0.3 is 15.7 Å². The Morgan fingerprint density at radius 1 is 0.968 bits per heavy atom. The first-order valence-electron chi connectivity index (χ1n) is 9.98. The molecule has 0 spiro atoms. The molecule has 0 aliphatic rings. The lowest BCUT2D eigenvalue weighted by Crippen LogP contribution is -2.51. The van der Waals surface area contributed by atoms with Crippen molar-refractivity contribution < 1.29 is 19.9 Å². The molecule has 5 N–H and O–H groups in total. The number of aliphatic hydroxyl groups is 1. The lowest BCUT2D eigenvalue weighted by molar-refractivity contribution is -0.133. The predicted octanol–water partition coefficient (Wildman–Crippen LogP) is 1.96. The van der Waals surface area contributed by atoms with E-state index < -0.39 is 24.0 Å². The first-order chi connectivity index (χ1) is 14.6. The second-order valence-corrected chi connectivity index (χ2v) is 8.30. The predicted molar refractivity (Wildman–Crippen MR) is 118 cm³/mol. The highest BCUT2D eigenvalue weighted by atomic mass is 16.5. The Morgan fingerprint density at radius 3 is 1.94 bits per heavy atom. The van der Waals surface area contributed by atoms with E-state index in [1.165, 1.54) is 18.0 Å². The Hall–Kier alpha value is -3.18.